The molecule has 0 saturated carbocycles. The van der Waals surface area contributed by atoms with Gasteiger partial charge < -0.3 is 10.6 Å². The highest BCUT2D eigenvalue weighted by atomic mass is 14.9. The Hall–Kier alpha value is -1.90. The highest BCUT2D eigenvalue weighted by Crippen LogP contribution is 2.22. The van der Waals surface area contributed by atoms with Gasteiger partial charge >= 0.3 is 0 Å². The zero-order valence-corrected chi connectivity index (χ0v) is 16.4. The summed E-state index contributed by atoms with van der Waals surface area (Å²) in [6.07, 6.45) is 5.70. The minimum absolute atomic E-state index is 0.206. The van der Waals surface area contributed by atoms with Crippen LogP contribution in [0.1, 0.15) is 49.4 Å². The predicted molar refractivity (Wildman–Crippen MR) is 113 cm³/mol. The first-order valence-electron chi connectivity index (χ1n) is 9.80. The van der Waals surface area contributed by atoms with E-state index in [1.165, 1.54) is 35.2 Å². The van der Waals surface area contributed by atoms with Gasteiger partial charge in [-0.25, -0.2) is 0 Å². The molecule has 0 aromatic heterocycles. The maximum absolute atomic E-state index is 3.60. The molecule has 1 heterocycles. The topological polar surface area (TPSA) is 24.1 Å². The first kappa shape index (κ1) is 18.9. The van der Waals surface area contributed by atoms with Crippen LogP contribution < -0.4 is 10.6 Å². The van der Waals surface area contributed by atoms with Crippen molar-refractivity contribution in [1.29, 1.82) is 0 Å². The van der Waals surface area contributed by atoms with Crippen molar-refractivity contribution in [2.75, 3.05) is 19.6 Å². The largest absolute Gasteiger partial charge is 0.316 e. The highest BCUT2D eigenvalue weighted by molar-refractivity contribution is 5.70. The van der Waals surface area contributed by atoms with Gasteiger partial charge in [-0.3, -0.25) is 0 Å². The van der Waals surface area contributed by atoms with Crippen LogP contribution in [0.3, 0.4) is 0 Å². The molecule has 1 aliphatic rings. The molecule has 2 N–H and O–H groups in total. The molecule has 2 aromatic rings. The first-order valence-corrected chi connectivity index (χ1v) is 9.80. The molecule has 138 valence electrons. The molecule has 2 heteroatoms. The summed E-state index contributed by atoms with van der Waals surface area (Å²) in [6.45, 7) is 11.1. The van der Waals surface area contributed by atoms with E-state index in [2.05, 4.69) is 92.1 Å². The Bertz CT molecular complexity index is 717. The lowest BCUT2D eigenvalue weighted by molar-refractivity contribution is 0.512. The summed E-state index contributed by atoms with van der Waals surface area (Å²) in [5.41, 5.74) is 5.43. The van der Waals surface area contributed by atoms with Crippen LogP contribution in [0.25, 0.3) is 12.2 Å². The maximum Gasteiger partial charge on any atom is 0.0205 e. The molecule has 1 saturated heterocycles. The molecular weight excluding hydrogens is 316 g/mol. The van der Waals surface area contributed by atoms with Crippen LogP contribution in [-0.2, 0) is 12.0 Å². The van der Waals surface area contributed by atoms with Crippen molar-refractivity contribution in [2.45, 2.75) is 39.2 Å². The van der Waals surface area contributed by atoms with Gasteiger partial charge in [-0.05, 0) is 59.6 Å². The molecule has 1 atom stereocenters. The van der Waals surface area contributed by atoms with Gasteiger partial charge in [0.1, 0.15) is 0 Å². The number of nitrogens with one attached hydrogen (secondary N) is 2. The third-order valence-electron chi connectivity index (χ3n) is 5.12. The third-order valence-corrected chi connectivity index (χ3v) is 5.12. The van der Waals surface area contributed by atoms with Crippen molar-refractivity contribution in [2.24, 2.45) is 5.92 Å². The van der Waals surface area contributed by atoms with Crippen molar-refractivity contribution in [1.82, 2.24) is 10.6 Å². The molecule has 1 aliphatic heterocycles. The maximum atomic E-state index is 3.60. The summed E-state index contributed by atoms with van der Waals surface area (Å²) in [6, 6.07) is 17.7. The molecule has 0 amide bonds. The Morgan fingerprint density at radius 2 is 1.81 bits per heavy atom. The average Bonchev–Trinajstić information content (AvgIpc) is 3.13. The summed E-state index contributed by atoms with van der Waals surface area (Å²) in [7, 11) is 0. The number of benzene rings is 2. The molecular formula is C24H32N2. The van der Waals surface area contributed by atoms with Gasteiger partial charge in [0.2, 0.25) is 0 Å². The van der Waals surface area contributed by atoms with E-state index in [1.807, 2.05) is 0 Å². The van der Waals surface area contributed by atoms with E-state index in [0.717, 1.165) is 25.6 Å². The van der Waals surface area contributed by atoms with Crippen LogP contribution >= 0.6 is 0 Å². The van der Waals surface area contributed by atoms with Gasteiger partial charge in [-0.15, -0.1) is 0 Å². The molecule has 3 rings (SSSR count). The van der Waals surface area contributed by atoms with Gasteiger partial charge in [0, 0.05) is 6.54 Å². The SMILES string of the molecule is CC(C)(C)c1ccc(/C=C/c2cccc(CNCC3CCNC3)c2)cc1. The molecule has 26 heavy (non-hydrogen) atoms. The van der Waals surface area contributed by atoms with Crippen molar-refractivity contribution >= 4 is 12.2 Å². The van der Waals surface area contributed by atoms with Crippen LogP contribution in [0.4, 0.5) is 0 Å². The van der Waals surface area contributed by atoms with Crippen LogP contribution in [-0.4, -0.2) is 19.6 Å². The molecule has 0 spiro atoms. The summed E-state index contributed by atoms with van der Waals surface area (Å²) < 4.78 is 0. The molecule has 0 bridgehead atoms. The normalized spacial score (nSPS) is 17.9. The Morgan fingerprint density at radius 3 is 2.50 bits per heavy atom. The smallest absolute Gasteiger partial charge is 0.0205 e. The van der Waals surface area contributed by atoms with E-state index < -0.39 is 0 Å². The second kappa shape index (κ2) is 8.66. The Kier molecular flexibility index (Phi) is 6.29. The van der Waals surface area contributed by atoms with Crippen LogP contribution in [0.2, 0.25) is 0 Å². The Labute approximate surface area is 158 Å². The lowest BCUT2D eigenvalue weighted by atomic mass is 9.87. The van der Waals surface area contributed by atoms with Gasteiger partial charge in [-0.1, -0.05) is 81.5 Å². The average molecular weight is 349 g/mol. The van der Waals surface area contributed by atoms with E-state index in [1.54, 1.807) is 0 Å². The Balaban J connectivity index is 1.56. The second-order valence-corrected chi connectivity index (χ2v) is 8.44. The molecule has 1 unspecified atom stereocenters. The van der Waals surface area contributed by atoms with Gasteiger partial charge in [-0.2, -0.15) is 0 Å². The zero-order valence-electron chi connectivity index (χ0n) is 16.4. The van der Waals surface area contributed by atoms with Gasteiger partial charge in [0.25, 0.3) is 0 Å². The van der Waals surface area contributed by atoms with E-state index in [0.29, 0.717) is 0 Å². The van der Waals surface area contributed by atoms with Crippen LogP contribution in [0, 0.1) is 5.92 Å². The molecule has 1 fully saturated rings. The van der Waals surface area contributed by atoms with Crippen molar-refractivity contribution < 1.29 is 0 Å². The van der Waals surface area contributed by atoms with Crippen molar-refractivity contribution in [3.05, 3.63) is 70.8 Å². The van der Waals surface area contributed by atoms with E-state index in [-0.39, 0.29) is 5.41 Å². The molecule has 0 radical (unpaired) electrons. The van der Waals surface area contributed by atoms with Crippen molar-refractivity contribution in [3.8, 4) is 0 Å². The minimum Gasteiger partial charge on any atom is -0.316 e. The van der Waals surface area contributed by atoms with Gasteiger partial charge in [0.05, 0.1) is 0 Å². The van der Waals surface area contributed by atoms with E-state index >= 15 is 0 Å². The number of rotatable bonds is 6. The number of hydrogen-bond acceptors (Lipinski definition) is 2. The van der Waals surface area contributed by atoms with Crippen LogP contribution in [0.5, 0.6) is 0 Å². The summed E-state index contributed by atoms with van der Waals surface area (Å²) >= 11 is 0. The van der Waals surface area contributed by atoms with Crippen molar-refractivity contribution in [3.63, 3.8) is 0 Å². The minimum atomic E-state index is 0.206. The molecule has 2 aromatic carbocycles. The first-order chi connectivity index (χ1) is 12.5. The fraction of sp³-hybridized carbons (Fsp3) is 0.417. The monoisotopic (exact) mass is 348 g/mol. The fourth-order valence-corrected chi connectivity index (χ4v) is 3.40. The standard InChI is InChI=1S/C24H32N2/c1-24(2,3)23-11-9-19(10-12-23)7-8-20-5-4-6-21(15-20)16-26-18-22-13-14-25-17-22/h4-12,15,22,25-26H,13-14,16-18H2,1-3H3/b8-7+. The predicted octanol–water partition coefficient (Wildman–Crippen LogP) is 4.85. The summed E-state index contributed by atoms with van der Waals surface area (Å²) in [5, 5.41) is 7.03. The van der Waals surface area contributed by atoms with Crippen LogP contribution in [0.15, 0.2) is 48.5 Å². The molecule has 2 nitrogen and oxygen atoms in total. The lowest BCUT2D eigenvalue weighted by Gasteiger charge is -2.18. The second-order valence-electron chi connectivity index (χ2n) is 8.44. The zero-order chi connectivity index (χ0) is 18.4. The highest BCUT2D eigenvalue weighted by Gasteiger charge is 2.13. The molecule has 0 aliphatic carbocycles. The summed E-state index contributed by atoms with van der Waals surface area (Å²) in [5.74, 6) is 0.786. The summed E-state index contributed by atoms with van der Waals surface area (Å²) in [4.78, 5) is 0. The number of hydrogen-bond donors (Lipinski definition) is 2. The quantitative estimate of drug-likeness (QED) is 0.729. The third kappa shape index (κ3) is 5.55. The lowest BCUT2D eigenvalue weighted by Crippen LogP contribution is -2.24. The van der Waals surface area contributed by atoms with Gasteiger partial charge in [0.15, 0.2) is 0 Å². The Morgan fingerprint density at radius 1 is 1.04 bits per heavy atom. The van der Waals surface area contributed by atoms with E-state index in [4.69, 9.17) is 0 Å². The fourth-order valence-electron chi connectivity index (χ4n) is 3.40. The van der Waals surface area contributed by atoms with E-state index in [9.17, 15) is 0 Å².